The number of imidazole rings is 1. The predicted octanol–water partition coefficient (Wildman–Crippen LogP) is 2.62. The van der Waals surface area contributed by atoms with Gasteiger partial charge < -0.3 is 20.8 Å². The fourth-order valence-corrected chi connectivity index (χ4v) is 3.40. The summed E-state index contributed by atoms with van der Waals surface area (Å²) in [5, 5.41) is 3.36. The quantitative estimate of drug-likeness (QED) is 0.630. The molecule has 0 atom stereocenters. The van der Waals surface area contributed by atoms with E-state index in [0.29, 0.717) is 24.9 Å². The van der Waals surface area contributed by atoms with Crippen LogP contribution in [0.2, 0.25) is 0 Å². The number of hydrogen-bond acceptors (Lipinski definition) is 6. The number of rotatable bonds is 6. The first-order valence-electron chi connectivity index (χ1n) is 8.93. The minimum Gasteiger partial charge on any atom is -0.377 e. The van der Waals surface area contributed by atoms with E-state index in [-0.39, 0.29) is 6.04 Å². The molecule has 1 aliphatic rings. The molecule has 4 N–H and O–H groups in total. The van der Waals surface area contributed by atoms with Crippen LogP contribution in [0.1, 0.15) is 41.7 Å². The Bertz CT molecular complexity index is 916. The van der Waals surface area contributed by atoms with Crippen LogP contribution in [0.25, 0.3) is 11.0 Å². The van der Waals surface area contributed by atoms with Crippen LogP contribution in [-0.4, -0.2) is 33.1 Å². The van der Waals surface area contributed by atoms with Crippen molar-refractivity contribution in [1.82, 2.24) is 19.9 Å². The minimum absolute atomic E-state index is 0.288. The van der Waals surface area contributed by atoms with Gasteiger partial charge in [-0.05, 0) is 31.4 Å². The molecule has 0 saturated heterocycles. The second-order valence-corrected chi connectivity index (χ2v) is 6.96. The third-order valence-corrected chi connectivity index (χ3v) is 4.86. The molecule has 4 rings (SSSR count). The number of methoxy groups -OCH3 is 1. The molecule has 2 aromatic heterocycles. The standard InChI is InChI=1S/C19H24N6O/c1-11-4-3-5-14-19(11)25-17(22-14)9-21-16-8-15(12-6-13(20)7-12)23-18(24-16)10-26-2/h3-5,8,12-13H,6-7,9-10,20H2,1-2H3,(H,22,25)(H,21,23,24). The van der Waals surface area contributed by atoms with Crippen LogP contribution in [0.5, 0.6) is 0 Å². The maximum atomic E-state index is 5.93. The lowest BCUT2D eigenvalue weighted by atomic mass is 9.78. The number of aryl methyl sites for hydroxylation is 1. The molecular weight excluding hydrogens is 328 g/mol. The molecule has 1 fully saturated rings. The van der Waals surface area contributed by atoms with Crippen LogP contribution < -0.4 is 11.1 Å². The van der Waals surface area contributed by atoms with Crippen molar-refractivity contribution in [2.75, 3.05) is 12.4 Å². The van der Waals surface area contributed by atoms with E-state index in [1.165, 1.54) is 0 Å². The summed E-state index contributed by atoms with van der Waals surface area (Å²) in [6.07, 6.45) is 1.96. The first-order valence-corrected chi connectivity index (χ1v) is 8.93. The number of aromatic amines is 1. The first kappa shape index (κ1) is 16.9. The normalized spacial score (nSPS) is 19.5. The number of anilines is 1. The number of nitrogens with two attached hydrogens (primary N) is 1. The van der Waals surface area contributed by atoms with E-state index in [2.05, 4.69) is 38.2 Å². The molecule has 0 unspecified atom stereocenters. The number of para-hydroxylation sites is 1. The van der Waals surface area contributed by atoms with E-state index in [0.717, 1.165) is 46.8 Å². The molecule has 1 saturated carbocycles. The van der Waals surface area contributed by atoms with Gasteiger partial charge in [0.2, 0.25) is 0 Å². The van der Waals surface area contributed by atoms with Gasteiger partial charge in [0.25, 0.3) is 0 Å². The summed E-state index contributed by atoms with van der Waals surface area (Å²) >= 11 is 0. The lowest BCUT2D eigenvalue weighted by Gasteiger charge is -2.32. The maximum Gasteiger partial charge on any atom is 0.156 e. The molecule has 1 aromatic carbocycles. The number of aromatic nitrogens is 4. The molecule has 136 valence electrons. The Hall–Kier alpha value is -2.51. The number of benzene rings is 1. The van der Waals surface area contributed by atoms with Crippen molar-refractivity contribution < 1.29 is 4.74 Å². The van der Waals surface area contributed by atoms with Crippen LogP contribution in [-0.2, 0) is 17.9 Å². The van der Waals surface area contributed by atoms with Crippen LogP contribution in [0.15, 0.2) is 24.3 Å². The third kappa shape index (κ3) is 3.40. The number of nitrogens with one attached hydrogen (secondary N) is 2. The zero-order valence-electron chi connectivity index (χ0n) is 15.1. The molecule has 0 bridgehead atoms. The van der Waals surface area contributed by atoms with Gasteiger partial charge in [-0.2, -0.15) is 0 Å². The Morgan fingerprint density at radius 3 is 2.85 bits per heavy atom. The van der Waals surface area contributed by atoms with E-state index in [4.69, 9.17) is 10.5 Å². The zero-order valence-corrected chi connectivity index (χ0v) is 15.1. The van der Waals surface area contributed by atoms with Gasteiger partial charge in [-0.3, -0.25) is 0 Å². The molecule has 0 amide bonds. The van der Waals surface area contributed by atoms with Crippen LogP contribution in [0.4, 0.5) is 5.82 Å². The highest BCUT2D eigenvalue weighted by Gasteiger charge is 2.29. The maximum absolute atomic E-state index is 5.93. The highest BCUT2D eigenvalue weighted by atomic mass is 16.5. The van der Waals surface area contributed by atoms with Crippen molar-refractivity contribution >= 4 is 16.9 Å². The van der Waals surface area contributed by atoms with Gasteiger partial charge in [-0.15, -0.1) is 0 Å². The summed E-state index contributed by atoms with van der Waals surface area (Å²) in [7, 11) is 1.65. The fraction of sp³-hybridized carbons (Fsp3) is 0.421. The highest BCUT2D eigenvalue weighted by molar-refractivity contribution is 5.78. The Morgan fingerprint density at radius 2 is 2.12 bits per heavy atom. The lowest BCUT2D eigenvalue weighted by molar-refractivity contribution is 0.177. The van der Waals surface area contributed by atoms with E-state index in [1.807, 2.05) is 18.2 Å². The van der Waals surface area contributed by atoms with Crippen molar-refractivity contribution in [3.63, 3.8) is 0 Å². The second-order valence-electron chi connectivity index (χ2n) is 6.96. The Morgan fingerprint density at radius 1 is 1.27 bits per heavy atom. The molecule has 0 spiro atoms. The molecule has 2 heterocycles. The second kappa shape index (κ2) is 7.01. The summed E-state index contributed by atoms with van der Waals surface area (Å²) in [6, 6.07) is 8.44. The zero-order chi connectivity index (χ0) is 18.1. The molecule has 7 heteroatoms. The summed E-state index contributed by atoms with van der Waals surface area (Å²) in [4.78, 5) is 17.2. The molecule has 26 heavy (non-hydrogen) atoms. The van der Waals surface area contributed by atoms with Gasteiger partial charge in [0.15, 0.2) is 5.82 Å². The molecular formula is C19H24N6O. The van der Waals surface area contributed by atoms with Crippen LogP contribution in [0.3, 0.4) is 0 Å². The lowest BCUT2D eigenvalue weighted by Crippen LogP contribution is -2.35. The number of nitrogens with zero attached hydrogens (tertiary/aromatic N) is 3. The van der Waals surface area contributed by atoms with Gasteiger partial charge in [-0.25, -0.2) is 15.0 Å². The van der Waals surface area contributed by atoms with Crippen molar-refractivity contribution in [3.05, 3.63) is 47.2 Å². The van der Waals surface area contributed by atoms with Gasteiger partial charge in [0, 0.05) is 30.8 Å². The Kier molecular flexibility index (Phi) is 4.57. The summed E-state index contributed by atoms with van der Waals surface area (Å²) < 4.78 is 5.21. The van der Waals surface area contributed by atoms with Crippen LogP contribution in [0, 0.1) is 6.92 Å². The van der Waals surface area contributed by atoms with Crippen LogP contribution >= 0.6 is 0 Å². The molecule has 0 radical (unpaired) electrons. The minimum atomic E-state index is 0.288. The van der Waals surface area contributed by atoms with E-state index in [1.54, 1.807) is 7.11 Å². The first-order chi connectivity index (χ1) is 12.6. The average Bonchev–Trinajstić information content (AvgIpc) is 3.02. The van der Waals surface area contributed by atoms with Gasteiger partial charge in [0.1, 0.15) is 18.2 Å². The van der Waals surface area contributed by atoms with Gasteiger partial charge in [-0.1, -0.05) is 12.1 Å². The van der Waals surface area contributed by atoms with Gasteiger partial charge in [0.05, 0.1) is 17.6 Å². The predicted molar refractivity (Wildman–Crippen MR) is 101 cm³/mol. The fourth-order valence-electron chi connectivity index (χ4n) is 3.40. The van der Waals surface area contributed by atoms with Crippen molar-refractivity contribution in [1.29, 1.82) is 0 Å². The number of H-pyrrole nitrogens is 1. The summed E-state index contributed by atoms with van der Waals surface area (Å²) in [6.45, 7) is 3.03. The van der Waals surface area contributed by atoms with E-state index in [9.17, 15) is 0 Å². The smallest absolute Gasteiger partial charge is 0.156 e. The summed E-state index contributed by atoms with van der Waals surface area (Å²) in [5.74, 6) is 2.78. The third-order valence-electron chi connectivity index (χ3n) is 4.86. The SMILES string of the molecule is COCc1nc(NCc2nc3c(C)cccc3[nH]2)cc(C2CC(N)C2)n1. The monoisotopic (exact) mass is 352 g/mol. The van der Waals surface area contributed by atoms with Crippen molar-refractivity contribution in [3.8, 4) is 0 Å². The average molecular weight is 352 g/mol. The van der Waals surface area contributed by atoms with Crippen molar-refractivity contribution in [2.24, 2.45) is 5.73 Å². The highest BCUT2D eigenvalue weighted by Crippen LogP contribution is 2.35. The van der Waals surface area contributed by atoms with E-state index < -0.39 is 0 Å². The number of hydrogen-bond donors (Lipinski definition) is 3. The largest absolute Gasteiger partial charge is 0.377 e. The molecule has 0 aliphatic heterocycles. The van der Waals surface area contributed by atoms with E-state index >= 15 is 0 Å². The summed E-state index contributed by atoms with van der Waals surface area (Å²) in [5.41, 5.74) is 10.2. The van der Waals surface area contributed by atoms with Crippen molar-refractivity contribution in [2.45, 2.75) is 44.9 Å². The molecule has 3 aromatic rings. The molecule has 1 aliphatic carbocycles. The molecule has 7 nitrogen and oxygen atoms in total. The Balaban J connectivity index is 1.53. The number of ether oxygens (including phenoxy) is 1. The number of fused-ring (bicyclic) bond motifs is 1. The topological polar surface area (TPSA) is 102 Å². The van der Waals surface area contributed by atoms with Gasteiger partial charge >= 0.3 is 0 Å². The Labute approximate surface area is 152 Å².